The molecule has 3 heterocycles. The summed E-state index contributed by atoms with van der Waals surface area (Å²) in [4.78, 5) is 28.9. The summed E-state index contributed by atoms with van der Waals surface area (Å²) in [6.07, 6.45) is 0.388. The summed E-state index contributed by atoms with van der Waals surface area (Å²) < 4.78 is 29.6. The number of urea groups is 1. The monoisotopic (exact) mass is 444 g/mol. The zero-order chi connectivity index (χ0) is 23.2. The molecular formula is C21H22F2N6O3. The fraction of sp³-hybridized carbons (Fsp3) is 0.429. The molecule has 11 heteroatoms. The van der Waals surface area contributed by atoms with E-state index in [1.807, 2.05) is 0 Å². The first-order valence-corrected chi connectivity index (χ1v) is 10.2. The summed E-state index contributed by atoms with van der Waals surface area (Å²) >= 11 is 0. The molecule has 168 valence electrons. The van der Waals surface area contributed by atoms with Crippen LogP contribution in [-0.4, -0.2) is 62.9 Å². The number of anilines is 1. The highest BCUT2D eigenvalue weighted by Crippen LogP contribution is 2.30. The minimum absolute atomic E-state index is 0.0783. The third-order valence-corrected chi connectivity index (χ3v) is 5.96. The lowest BCUT2D eigenvalue weighted by atomic mass is 9.99. The molecule has 3 amide bonds. The summed E-state index contributed by atoms with van der Waals surface area (Å²) in [7, 11) is 1.65. The lowest BCUT2D eigenvalue weighted by Crippen LogP contribution is -2.45. The first-order chi connectivity index (χ1) is 15.2. The zero-order valence-electron chi connectivity index (χ0n) is 17.6. The molecular weight excluding hydrogens is 422 g/mol. The fourth-order valence-corrected chi connectivity index (χ4v) is 4.25. The van der Waals surface area contributed by atoms with Crippen molar-refractivity contribution in [2.75, 3.05) is 25.5 Å². The van der Waals surface area contributed by atoms with Crippen LogP contribution >= 0.6 is 0 Å². The van der Waals surface area contributed by atoms with Gasteiger partial charge in [-0.2, -0.15) is 10.4 Å². The molecule has 9 nitrogen and oxygen atoms in total. The van der Waals surface area contributed by atoms with E-state index in [1.54, 1.807) is 18.7 Å². The van der Waals surface area contributed by atoms with Crippen molar-refractivity contribution in [3.63, 3.8) is 0 Å². The van der Waals surface area contributed by atoms with E-state index in [0.717, 1.165) is 12.1 Å². The molecule has 2 aromatic rings. The van der Waals surface area contributed by atoms with E-state index in [2.05, 4.69) is 10.4 Å². The largest absolute Gasteiger partial charge is 0.396 e. The maximum atomic E-state index is 14.4. The Morgan fingerprint density at radius 3 is 2.81 bits per heavy atom. The van der Waals surface area contributed by atoms with Crippen molar-refractivity contribution in [2.45, 2.75) is 32.5 Å². The number of nitrogens with zero attached hydrogens (tertiary/aromatic N) is 5. The van der Waals surface area contributed by atoms with Crippen LogP contribution in [0.15, 0.2) is 12.1 Å². The quantitative estimate of drug-likeness (QED) is 0.732. The van der Waals surface area contributed by atoms with E-state index in [1.165, 1.54) is 15.9 Å². The topological polar surface area (TPSA) is 114 Å². The Kier molecular flexibility index (Phi) is 5.56. The summed E-state index contributed by atoms with van der Waals surface area (Å²) in [6.45, 7) is 2.57. The zero-order valence-corrected chi connectivity index (χ0v) is 17.6. The molecule has 1 aromatic carbocycles. The van der Waals surface area contributed by atoms with Gasteiger partial charge in [-0.3, -0.25) is 9.48 Å². The van der Waals surface area contributed by atoms with Crippen molar-refractivity contribution >= 4 is 17.6 Å². The lowest BCUT2D eigenvalue weighted by molar-refractivity contribution is 0.0761. The highest BCUT2D eigenvalue weighted by molar-refractivity contribution is 5.95. The van der Waals surface area contributed by atoms with Crippen molar-refractivity contribution in [1.29, 1.82) is 5.26 Å². The molecule has 0 spiro atoms. The van der Waals surface area contributed by atoms with Crippen molar-refractivity contribution in [1.82, 2.24) is 19.6 Å². The number of aliphatic hydroxyl groups excluding tert-OH is 1. The highest BCUT2D eigenvalue weighted by Gasteiger charge is 2.37. The van der Waals surface area contributed by atoms with Gasteiger partial charge in [-0.15, -0.1) is 0 Å². The molecule has 0 radical (unpaired) electrons. The minimum atomic E-state index is -1.14. The van der Waals surface area contributed by atoms with E-state index in [0.29, 0.717) is 36.5 Å². The first-order valence-electron chi connectivity index (χ1n) is 10.2. The van der Waals surface area contributed by atoms with E-state index in [4.69, 9.17) is 5.26 Å². The average molecular weight is 444 g/mol. The van der Waals surface area contributed by atoms with E-state index in [9.17, 15) is 23.5 Å². The van der Waals surface area contributed by atoms with Gasteiger partial charge in [0.25, 0.3) is 5.91 Å². The number of carbonyl (C=O) groups excluding carboxylic acids is 2. The van der Waals surface area contributed by atoms with Crippen LogP contribution in [0, 0.1) is 28.9 Å². The summed E-state index contributed by atoms with van der Waals surface area (Å²) in [6, 6.07) is 2.48. The molecule has 4 rings (SSSR count). The van der Waals surface area contributed by atoms with Crippen LogP contribution in [0.5, 0.6) is 0 Å². The van der Waals surface area contributed by atoms with Gasteiger partial charge in [0.1, 0.15) is 23.1 Å². The number of halogens is 2. The first kappa shape index (κ1) is 21.7. The molecule has 0 aliphatic carbocycles. The van der Waals surface area contributed by atoms with E-state index < -0.39 is 23.2 Å². The van der Waals surface area contributed by atoms with Gasteiger partial charge < -0.3 is 20.2 Å². The molecule has 0 saturated heterocycles. The molecule has 1 aromatic heterocycles. The number of aromatic nitrogens is 2. The van der Waals surface area contributed by atoms with Crippen LogP contribution in [0.2, 0.25) is 0 Å². The normalized spacial score (nSPS) is 20.3. The van der Waals surface area contributed by atoms with Gasteiger partial charge in [0.2, 0.25) is 0 Å². The van der Waals surface area contributed by atoms with Gasteiger partial charge in [0, 0.05) is 50.7 Å². The predicted octanol–water partition coefficient (Wildman–Crippen LogP) is 1.71. The smallest absolute Gasteiger partial charge is 0.322 e. The molecule has 2 atom stereocenters. The van der Waals surface area contributed by atoms with Gasteiger partial charge in [-0.1, -0.05) is 0 Å². The number of hydrogen-bond acceptors (Lipinski definition) is 5. The molecule has 0 saturated carbocycles. The van der Waals surface area contributed by atoms with Gasteiger partial charge in [-0.25, -0.2) is 13.6 Å². The maximum Gasteiger partial charge on any atom is 0.322 e. The number of aliphatic hydroxyl groups is 1. The van der Waals surface area contributed by atoms with Crippen LogP contribution in [0.1, 0.15) is 34.2 Å². The Morgan fingerprint density at radius 2 is 2.12 bits per heavy atom. The van der Waals surface area contributed by atoms with Gasteiger partial charge in [-0.05, 0) is 19.1 Å². The van der Waals surface area contributed by atoms with Crippen LogP contribution in [-0.2, 0) is 19.5 Å². The van der Waals surface area contributed by atoms with Gasteiger partial charge in [0.05, 0.1) is 17.9 Å². The summed E-state index contributed by atoms with van der Waals surface area (Å²) in [5.74, 6) is -2.55. The molecule has 0 bridgehead atoms. The van der Waals surface area contributed by atoms with Crippen LogP contribution in [0.4, 0.5) is 19.3 Å². The Morgan fingerprint density at radius 1 is 1.38 bits per heavy atom. The van der Waals surface area contributed by atoms with Crippen LogP contribution < -0.4 is 5.32 Å². The number of amides is 3. The SMILES string of the molecule is C[C@@H]1Cc2nn3c(c2CN1C(=O)Nc1ccc(F)c(C#N)c1F)C(=O)N(C)CC(CO)C3. The van der Waals surface area contributed by atoms with Crippen molar-refractivity contribution < 1.29 is 23.5 Å². The Bertz CT molecular complexity index is 1140. The third-order valence-electron chi connectivity index (χ3n) is 5.96. The number of carbonyl (C=O) groups is 2. The molecule has 2 N–H and O–H groups in total. The minimum Gasteiger partial charge on any atom is -0.396 e. The van der Waals surface area contributed by atoms with E-state index >= 15 is 0 Å². The molecule has 0 fully saturated rings. The van der Waals surface area contributed by atoms with Crippen molar-refractivity contribution in [3.8, 4) is 6.07 Å². The Balaban J connectivity index is 1.63. The van der Waals surface area contributed by atoms with E-state index in [-0.39, 0.29) is 36.7 Å². The highest BCUT2D eigenvalue weighted by atomic mass is 19.1. The Labute approximate surface area is 182 Å². The average Bonchev–Trinajstić information content (AvgIpc) is 3.04. The number of rotatable bonds is 2. The maximum absolute atomic E-state index is 14.4. The van der Waals surface area contributed by atoms with Crippen LogP contribution in [0.3, 0.4) is 0 Å². The predicted molar refractivity (Wildman–Crippen MR) is 109 cm³/mol. The third kappa shape index (κ3) is 3.56. The number of nitrogens with one attached hydrogen (secondary N) is 1. The van der Waals surface area contributed by atoms with Gasteiger partial charge >= 0.3 is 6.03 Å². The standard InChI is InChI=1S/C21H22F2N6O3/c1-11-5-17-14(19-20(31)27(2)7-12(10-30)8-29(19)26-17)9-28(11)21(32)25-16-4-3-15(22)13(6-24)18(16)23/h3-4,11-12,30H,5,7-10H2,1-2H3,(H,25,32)/t11-,12?/m1/s1. The second-order valence-corrected chi connectivity index (χ2v) is 8.20. The van der Waals surface area contributed by atoms with Crippen LogP contribution in [0.25, 0.3) is 0 Å². The molecule has 2 aliphatic heterocycles. The summed E-state index contributed by atoms with van der Waals surface area (Å²) in [5, 5.41) is 25.5. The number of hydrogen-bond donors (Lipinski definition) is 2. The molecule has 1 unspecified atom stereocenters. The van der Waals surface area contributed by atoms with Crippen molar-refractivity contribution in [3.05, 3.63) is 46.3 Å². The van der Waals surface area contributed by atoms with Crippen molar-refractivity contribution in [2.24, 2.45) is 5.92 Å². The molecule has 2 aliphatic rings. The summed E-state index contributed by atoms with van der Waals surface area (Å²) in [5.41, 5.74) is 0.623. The fourth-order valence-electron chi connectivity index (χ4n) is 4.25. The second kappa shape index (κ2) is 8.20. The number of nitriles is 1. The molecule has 32 heavy (non-hydrogen) atoms. The Hall–Kier alpha value is -3.52. The lowest BCUT2D eigenvalue weighted by Gasteiger charge is -2.33. The number of benzene rings is 1. The second-order valence-electron chi connectivity index (χ2n) is 8.20. The number of fused-ring (bicyclic) bond motifs is 3. The van der Waals surface area contributed by atoms with Gasteiger partial charge in [0.15, 0.2) is 5.82 Å².